The predicted molar refractivity (Wildman–Crippen MR) is 66.4 cm³/mol. The molecule has 0 atom stereocenters. The molecular formula is C11H7F3O4S2. The van der Waals surface area contributed by atoms with Crippen molar-refractivity contribution in [1.82, 2.24) is 0 Å². The number of methoxy groups -OCH3 is 1. The van der Waals surface area contributed by atoms with Gasteiger partial charge in [0.15, 0.2) is 0 Å². The van der Waals surface area contributed by atoms with Crippen molar-refractivity contribution in [2.45, 2.75) is 10.4 Å². The topological polar surface area (TPSA) is 60.4 Å². The molecule has 9 heteroatoms. The number of sulfone groups is 1. The van der Waals surface area contributed by atoms with Gasteiger partial charge in [0, 0.05) is 4.70 Å². The maximum Gasteiger partial charge on any atom is 0.501 e. The lowest BCUT2D eigenvalue weighted by molar-refractivity contribution is -0.0435. The zero-order valence-electron chi connectivity index (χ0n) is 9.89. The molecule has 2 aromatic rings. The number of rotatable bonds is 2. The van der Waals surface area contributed by atoms with Crippen LogP contribution in [0.4, 0.5) is 13.2 Å². The van der Waals surface area contributed by atoms with Crippen molar-refractivity contribution >= 4 is 37.2 Å². The predicted octanol–water partition coefficient (Wildman–Crippen LogP) is 2.98. The van der Waals surface area contributed by atoms with Gasteiger partial charge in [-0.25, -0.2) is 13.2 Å². The second-order valence-corrected chi connectivity index (χ2v) is 6.78. The zero-order valence-corrected chi connectivity index (χ0v) is 11.5. The van der Waals surface area contributed by atoms with Crippen LogP contribution in [0.2, 0.25) is 0 Å². The number of halogens is 3. The summed E-state index contributed by atoms with van der Waals surface area (Å²) in [5, 5.41) is 0.237. The maximum atomic E-state index is 12.4. The van der Waals surface area contributed by atoms with Gasteiger partial charge in [-0.1, -0.05) is 0 Å². The van der Waals surface area contributed by atoms with E-state index >= 15 is 0 Å². The number of thiophene rings is 1. The summed E-state index contributed by atoms with van der Waals surface area (Å²) in [4.78, 5) is 10.6. The van der Waals surface area contributed by atoms with E-state index in [-0.39, 0.29) is 10.3 Å². The molecule has 4 nitrogen and oxygen atoms in total. The third kappa shape index (κ3) is 2.38. The number of benzene rings is 1. The number of ether oxygens (including phenoxy) is 1. The number of esters is 1. The second kappa shape index (κ2) is 4.74. The van der Waals surface area contributed by atoms with Gasteiger partial charge >= 0.3 is 11.5 Å². The highest BCUT2D eigenvalue weighted by atomic mass is 32.2. The van der Waals surface area contributed by atoms with Crippen LogP contribution in [0.25, 0.3) is 10.1 Å². The first kappa shape index (κ1) is 14.8. The zero-order chi connectivity index (χ0) is 15.1. The molecule has 1 aromatic heterocycles. The van der Waals surface area contributed by atoms with Crippen LogP contribution in [0.1, 0.15) is 9.67 Å². The fraction of sp³-hybridized carbons (Fsp3) is 0.182. The van der Waals surface area contributed by atoms with Gasteiger partial charge in [0.2, 0.25) is 0 Å². The first-order valence-corrected chi connectivity index (χ1v) is 7.40. The standard InChI is InChI=1S/C11H7F3O4S2/c1-18-10(15)9-5-6-4-7(2-3-8(6)19-9)20(16,17)11(12,13)14/h2-5H,1H3. The number of fused-ring (bicyclic) bond motifs is 1. The van der Waals surface area contributed by atoms with Crippen molar-refractivity contribution in [1.29, 1.82) is 0 Å². The number of alkyl halides is 3. The van der Waals surface area contributed by atoms with Gasteiger partial charge in [-0.05, 0) is 29.7 Å². The second-order valence-electron chi connectivity index (χ2n) is 3.75. The summed E-state index contributed by atoms with van der Waals surface area (Å²) in [6.07, 6.45) is 0. The number of hydrogen-bond acceptors (Lipinski definition) is 5. The monoisotopic (exact) mass is 324 g/mol. The molecule has 0 unspecified atom stereocenters. The van der Waals surface area contributed by atoms with Gasteiger partial charge < -0.3 is 4.74 Å². The van der Waals surface area contributed by atoms with E-state index in [2.05, 4.69) is 4.74 Å². The molecule has 0 aliphatic carbocycles. The lowest BCUT2D eigenvalue weighted by Crippen LogP contribution is -2.23. The maximum absolute atomic E-state index is 12.4. The van der Waals surface area contributed by atoms with E-state index < -0.39 is 26.2 Å². The molecule has 0 aliphatic rings. The van der Waals surface area contributed by atoms with Crippen LogP contribution in [0.15, 0.2) is 29.2 Å². The summed E-state index contributed by atoms with van der Waals surface area (Å²) in [5.74, 6) is -0.633. The van der Waals surface area contributed by atoms with Crippen LogP contribution < -0.4 is 0 Å². The summed E-state index contributed by atoms with van der Waals surface area (Å²) in [5.41, 5.74) is -5.36. The van der Waals surface area contributed by atoms with Crippen LogP contribution in [0.3, 0.4) is 0 Å². The Morgan fingerprint density at radius 1 is 1.25 bits per heavy atom. The van der Waals surface area contributed by atoms with Gasteiger partial charge in [0.1, 0.15) is 4.88 Å². The fourth-order valence-electron chi connectivity index (χ4n) is 1.52. The van der Waals surface area contributed by atoms with E-state index in [9.17, 15) is 26.4 Å². The van der Waals surface area contributed by atoms with E-state index in [0.29, 0.717) is 4.70 Å². The van der Waals surface area contributed by atoms with Crippen LogP contribution in [-0.2, 0) is 14.6 Å². The Labute approximate surface area is 115 Å². The molecule has 0 saturated carbocycles. The number of carbonyl (C=O) groups is 1. The lowest BCUT2D eigenvalue weighted by atomic mass is 10.2. The Bertz CT molecular complexity index is 775. The smallest absolute Gasteiger partial charge is 0.465 e. The quantitative estimate of drug-likeness (QED) is 0.797. The average Bonchev–Trinajstić information content (AvgIpc) is 2.79. The normalized spacial score (nSPS) is 12.6. The third-order valence-corrected chi connectivity index (χ3v) is 5.07. The first-order chi connectivity index (χ1) is 9.16. The molecule has 20 heavy (non-hydrogen) atoms. The molecule has 2 rings (SSSR count). The van der Waals surface area contributed by atoms with Gasteiger partial charge in [0.05, 0.1) is 12.0 Å². The molecule has 1 aromatic carbocycles. The van der Waals surface area contributed by atoms with E-state index in [1.54, 1.807) is 0 Å². The summed E-state index contributed by atoms with van der Waals surface area (Å²) >= 11 is 1.01. The van der Waals surface area contributed by atoms with Gasteiger partial charge in [0.25, 0.3) is 9.84 Å². The van der Waals surface area contributed by atoms with Crippen molar-refractivity contribution < 1.29 is 31.1 Å². The largest absolute Gasteiger partial charge is 0.501 e. The van der Waals surface area contributed by atoms with Crippen molar-refractivity contribution in [2.75, 3.05) is 7.11 Å². The van der Waals surface area contributed by atoms with Crippen molar-refractivity contribution in [3.05, 3.63) is 29.1 Å². The summed E-state index contributed by atoms with van der Waals surface area (Å²) in [7, 11) is -4.22. The molecule has 0 bridgehead atoms. The molecule has 0 fully saturated rings. The molecule has 108 valence electrons. The van der Waals surface area contributed by atoms with Crippen LogP contribution in [0.5, 0.6) is 0 Å². The van der Waals surface area contributed by atoms with Crippen LogP contribution >= 0.6 is 11.3 Å². The van der Waals surface area contributed by atoms with Crippen LogP contribution in [-0.4, -0.2) is 27.0 Å². The Morgan fingerprint density at radius 3 is 2.45 bits per heavy atom. The molecule has 0 spiro atoms. The van der Waals surface area contributed by atoms with E-state index in [0.717, 1.165) is 23.5 Å². The summed E-state index contributed by atoms with van der Waals surface area (Å²) < 4.78 is 64.9. The highest BCUT2D eigenvalue weighted by Crippen LogP contribution is 2.34. The minimum atomic E-state index is -5.40. The van der Waals surface area contributed by atoms with Crippen LogP contribution in [0, 0.1) is 0 Å². The number of hydrogen-bond donors (Lipinski definition) is 0. The fourth-order valence-corrected chi connectivity index (χ4v) is 3.28. The van der Waals surface area contributed by atoms with E-state index in [4.69, 9.17) is 0 Å². The van der Waals surface area contributed by atoms with E-state index in [1.165, 1.54) is 19.2 Å². The SMILES string of the molecule is COC(=O)c1cc2cc(S(=O)(=O)C(F)(F)F)ccc2s1. The first-order valence-electron chi connectivity index (χ1n) is 5.10. The molecule has 1 heterocycles. The Kier molecular flexibility index (Phi) is 3.51. The lowest BCUT2D eigenvalue weighted by Gasteiger charge is -2.07. The highest BCUT2D eigenvalue weighted by Gasteiger charge is 2.46. The third-order valence-electron chi connectivity index (χ3n) is 2.49. The van der Waals surface area contributed by atoms with Crippen molar-refractivity contribution in [2.24, 2.45) is 0 Å². The van der Waals surface area contributed by atoms with Crippen molar-refractivity contribution in [3.63, 3.8) is 0 Å². The average molecular weight is 324 g/mol. The highest BCUT2D eigenvalue weighted by molar-refractivity contribution is 7.92. The van der Waals surface area contributed by atoms with Crippen molar-refractivity contribution in [3.8, 4) is 0 Å². The van der Waals surface area contributed by atoms with E-state index in [1.807, 2.05) is 0 Å². The molecule has 0 aliphatic heterocycles. The number of carbonyl (C=O) groups excluding carboxylic acids is 1. The minimum absolute atomic E-state index is 0.184. The molecule has 0 saturated heterocycles. The summed E-state index contributed by atoms with van der Waals surface area (Å²) in [6.45, 7) is 0. The Balaban J connectivity index is 2.58. The Hall–Kier alpha value is -1.61. The summed E-state index contributed by atoms with van der Waals surface area (Å²) in [6, 6.07) is 4.27. The molecular weight excluding hydrogens is 317 g/mol. The van der Waals surface area contributed by atoms with Gasteiger partial charge in [-0.2, -0.15) is 13.2 Å². The Morgan fingerprint density at radius 2 is 1.90 bits per heavy atom. The van der Waals surface area contributed by atoms with Gasteiger partial charge in [-0.15, -0.1) is 11.3 Å². The molecule has 0 amide bonds. The van der Waals surface area contributed by atoms with Gasteiger partial charge in [-0.3, -0.25) is 0 Å². The molecule has 0 N–H and O–H groups in total. The minimum Gasteiger partial charge on any atom is -0.465 e. The molecule has 0 radical (unpaired) electrons.